The zero-order valence-electron chi connectivity index (χ0n) is 14.4. The first-order chi connectivity index (χ1) is 12.2. The summed E-state index contributed by atoms with van der Waals surface area (Å²) in [5.41, 5.74) is 1.50. The van der Waals surface area contributed by atoms with Gasteiger partial charge in [0.15, 0.2) is 6.10 Å². The minimum absolute atomic E-state index is 0.0252. The van der Waals surface area contributed by atoms with Crippen LogP contribution >= 0.6 is 0 Å². The van der Waals surface area contributed by atoms with Crippen molar-refractivity contribution < 1.29 is 23.6 Å². The Morgan fingerprint density at radius 3 is 2.46 bits per heavy atom. The molecule has 1 N–H and O–H groups in total. The van der Waals surface area contributed by atoms with E-state index in [0.717, 1.165) is 23.3 Å². The Kier molecular flexibility index (Phi) is 5.66. The summed E-state index contributed by atoms with van der Waals surface area (Å²) in [4.78, 5) is 34.1. The van der Waals surface area contributed by atoms with Gasteiger partial charge in [0.25, 0.3) is 5.91 Å². The van der Waals surface area contributed by atoms with E-state index in [1.54, 1.807) is 18.2 Å². The number of esters is 1. The number of nitro benzene ring substituents is 1. The largest absolute Gasteiger partial charge is 0.449 e. The predicted octanol–water partition coefficient (Wildman–Crippen LogP) is 3.53. The molecule has 26 heavy (non-hydrogen) atoms. The van der Waals surface area contributed by atoms with E-state index in [0.29, 0.717) is 5.56 Å². The van der Waals surface area contributed by atoms with Crippen LogP contribution in [0.3, 0.4) is 0 Å². The standard InChI is InChI=1S/C18H17FN2O5/c1-10-4-5-13(8-11(10)2)18(23)26-12(3)17(22)20-14-6-7-15(19)16(9-14)21(24)25/h4-9,12H,1-3H3,(H,20,22). The van der Waals surface area contributed by atoms with E-state index in [9.17, 15) is 24.1 Å². The highest BCUT2D eigenvalue weighted by atomic mass is 19.1. The van der Waals surface area contributed by atoms with E-state index >= 15 is 0 Å². The molecule has 2 rings (SSSR count). The summed E-state index contributed by atoms with van der Waals surface area (Å²) >= 11 is 0. The molecule has 0 saturated carbocycles. The lowest BCUT2D eigenvalue weighted by atomic mass is 10.1. The van der Waals surface area contributed by atoms with Crippen LogP contribution in [0.1, 0.15) is 28.4 Å². The lowest BCUT2D eigenvalue weighted by molar-refractivity contribution is -0.387. The van der Waals surface area contributed by atoms with Crippen LogP contribution in [0, 0.1) is 29.8 Å². The molecule has 0 fully saturated rings. The third kappa shape index (κ3) is 4.41. The van der Waals surface area contributed by atoms with Crippen LogP contribution in [-0.2, 0) is 9.53 Å². The van der Waals surface area contributed by atoms with Gasteiger partial charge in [0.1, 0.15) is 0 Å². The number of hydrogen-bond acceptors (Lipinski definition) is 5. The summed E-state index contributed by atoms with van der Waals surface area (Å²) in [5.74, 6) is -2.37. The molecule has 2 aromatic carbocycles. The van der Waals surface area contributed by atoms with Crippen LogP contribution in [0.15, 0.2) is 36.4 Å². The van der Waals surface area contributed by atoms with Crippen LogP contribution < -0.4 is 5.32 Å². The van der Waals surface area contributed by atoms with Crippen molar-refractivity contribution in [2.75, 3.05) is 5.32 Å². The van der Waals surface area contributed by atoms with E-state index < -0.39 is 34.4 Å². The molecule has 0 radical (unpaired) electrons. The van der Waals surface area contributed by atoms with Gasteiger partial charge in [-0.05, 0) is 56.2 Å². The number of ether oxygens (including phenoxy) is 1. The zero-order chi connectivity index (χ0) is 19.4. The number of hydrogen-bond donors (Lipinski definition) is 1. The van der Waals surface area contributed by atoms with E-state index in [1.165, 1.54) is 13.0 Å². The maximum atomic E-state index is 13.3. The van der Waals surface area contributed by atoms with Crippen LogP contribution in [0.5, 0.6) is 0 Å². The molecule has 1 atom stereocenters. The van der Waals surface area contributed by atoms with Gasteiger partial charge in [-0.15, -0.1) is 0 Å². The Labute approximate surface area is 148 Å². The Bertz CT molecular complexity index is 882. The van der Waals surface area contributed by atoms with Gasteiger partial charge in [-0.25, -0.2) is 4.79 Å². The highest BCUT2D eigenvalue weighted by Gasteiger charge is 2.21. The molecule has 0 aliphatic rings. The summed E-state index contributed by atoms with van der Waals surface area (Å²) in [6, 6.07) is 7.97. The summed E-state index contributed by atoms with van der Waals surface area (Å²) in [5, 5.41) is 13.1. The number of amides is 1. The molecule has 0 saturated heterocycles. The van der Waals surface area contributed by atoms with Crippen LogP contribution in [0.4, 0.5) is 15.8 Å². The van der Waals surface area contributed by atoms with Crippen molar-refractivity contribution in [2.45, 2.75) is 26.9 Å². The van der Waals surface area contributed by atoms with Crippen molar-refractivity contribution in [3.63, 3.8) is 0 Å². The van der Waals surface area contributed by atoms with Gasteiger partial charge in [-0.1, -0.05) is 6.07 Å². The molecule has 0 aromatic heterocycles. The minimum Gasteiger partial charge on any atom is -0.449 e. The van der Waals surface area contributed by atoms with Gasteiger partial charge in [0.2, 0.25) is 5.82 Å². The first-order valence-electron chi connectivity index (χ1n) is 7.72. The normalized spacial score (nSPS) is 11.5. The van der Waals surface area contributed by atoms with Crippen molar-refractivity contribution in [3.05, 3.63) is 69.0 Å². The summed E-state index contributed by atoms with van der Waals surface area (Å²) in [7, 11) is 0. The average Bonchev–Trinajstić information content (AvgIpc) is 2.58. The smallest absolute Gasteiger partial charge is 0.338 e. The van der Waals surface area contributed by atoms with Gasteiger partial charge in [0, 0.05) is 11.8 Å². The molecule has 1 unspecified atom stereocenters. The molecular formula is C18H17FN2O5. The molecule has 0 bridgehead atoms. The molecule has 2 aromatic rings. The number of halogens is 1. The number of benzene rings is 2. The number of carbonyl (C=O) groups excluding carboxylic acids is 2. The van der Waals surface area contributed by atoms with Gasteiger partial charge < -0.3 is 10.1 Å². The zero-order valence-corrected chi connectivity index (χ0v) is 14.4. The van der Waals surface area contributed by atoms with Gasteiger partial charge in [-0.3, -0.25) is 14.9 Å². The molecule has 1 amide bonds. The van der Waals surface area contributed by atoms with Crippen molar-refractivity contribution in [2.24, 2.45) is 0 Å². The third-order valence-electron chi connectivity index (χ3n) is 3.81. The molecule has 0 aliphatic heterocycles. The van der Waals surface area contributed by atoms with E-state index in [1.807, 2.05) is 13.8 Å². The molecule has 0 aliphatic carbocycles. The number of carbonyl (C=O) groups is 2. The second-order valence-electron chi connectivity index (χ2n) is 5.76. The fourth-order valence-corrected chi connectivity index (χ4v) is 2.12. The molecule has 7 nitrogen and oxygen atoms in total. The van der Waals surface area contributed by atoms with Crippen molar-refractivity contribution in [1.82, 2.24) is 0 Å². The van der Waals surface area contributed by atoms with Gasteiger partial charge in [0.05, 0.1) is 10.5 Å². The topological polar surface area (TPSA) is 98.5 Å². The lowest BCUT2D eigenvalue weighted by Crippen LogP contribution is -2.30. The van der Waals surface area contributed by atoms with Crippen LogP contribution in [0.2, 0.25) is 0 Å². The molecule has 0 heterocycles. The average molecular weight is 360 g/mol. The Balaban J connectivity index is 2.05. The molecule has 8 heteroatoms. The summed E-state index contributed by atoms with van der Waals surface area (Å²) in [6.07, 6.45) is -1.15. The van der Waals surface area contributed by atoms with Crippen molar-refractivity contribution in [3.8, 4) is 0 Å². The van der Waals surface area contributed by atoms with Gasteiger partial charge >= 0.3 is 11.7 Å². The summed E-state index contributed by atoms with van der Waals surface area (Å²) < 4.78 is 18.4. The number of nitrogens with one attached hydrogen (secondary N) is 1. The maximum absolute atomic E-state index is 13.3. The first-order valence-corrected chi connectivity index (χ1v) is 7.72. The Hall–Kier alpha value is -3.29. The minimum atomic E-state index is -1.15. The maximum Gasteiger partial charge on any atom is 0.338 e. The fraction of sp³-hybridized carbons (Fsp3) is 0.222. The van der Waals surface area contributed by atoms with E-state index in [2.05, 4.69) is 5.32 Å². The Morgan fingerprint density at radius 1 is 1.15 bits per heavy atom. The van der Waals surface area contributed by atoms with E-state index in [-0.39, 0.29) is 5.69 Å². The SMILES string of the molecule is Cc1ccc(C(=O)OC(C)C(=O)Nc2ccc(F)c([N+](=O)[O-])c2)cc1C. The number of rotatable bonds is 5. The van der Waals surface area contributed by atoms with Crippen LogP contribution in [0.25, 0.3) is 0 Å². The highest BCUT2D eigenvalue weighted by Crippen LogP contribution is 2.22. The van der Waals surface area contributed by atoms with Crippen molar-refractivity contribution >= 4 is 23.3 Å². The van der Waals surface area contributed by atoms with Crippen LogP contribution in [-0.4, -0.2) is 22.9 Å². The fourth-order valence-electron chi connectivity index (χ4n) is 2.12. The summed E-state index contributed by atoms with van der Waals surface area (Å²) in [6.45, 7) is 5.12. The quantitative estimate of drug-likeness (QED) is 0.500. The van der Waals surface area contributed by atoms with Gasteiger partial charge in [-0.2, -0.15) is 4.39 Å². The predicted molar refractivity (Wildman–Crippen MR) is 92.5 cm³/mol. The Morgan fingerprint density at radius 2 is 1.85 bits per heavy atom. The second kappa shape index (κ2) is 7.73. The molecular weight excluding hydrogens is 343 g/mol. The first kappa shape index (κ1) is 19.0. The highest BCUT2D eigenvalue weighted by molar-refractivity contribution is 5.97. The second-order valence-corrected chi connectivity index (χ2v) is 5.76. The third-order valence-corrected chi connectivity index (χ3v) is 3.81. The molecule has 136 valence electrons. The molecule has 0 spiro atoms. The number of nitrogens with zero attached hydrogens (tertiary/aromatic N) is 1. The number of aryl methyl sites for hydroxylation is 2. The number of anilines is 1. The van der Waals surface area contributed by atoms with Crippen molar-refractivity contribution in [1.29, 1.82) is 0 Å². The monoisotopic (exact) mass is 360 g/mol. The van der Waals surface area contributed by atoms with E-state index in [4.69, 9.17) is 4.74 Å². The number of nitro groups is 1. The lowest BCUT2D eigenvalue weighted by Gasteiger charge is -2.14.